The zero-order valence-corrected chi connectivity index (χ0v) is 17.6. The molecule has 2 aliphatic heterocycles. The molecule has 0 radical (unpaired) electrons. The summed E-state index contributed by atoms with van der Waals surface area (Å²) in [6, 6.07) is 7.23. The molecule has 0 bridgehead atoms. The summed E-state index contributed by atoms with van der Waals surface area (Å²) in [5, 5.41) is 0. The molecule has 0 unspecified atom stereocenters. The largest absolute Gasteiger partial charge is 0.433 e. The Hall–Kier alpha value is -2.66. The third-order valence-electron chi connectivity index (χ3n) is 5.60. The van der Waals surface area contributed by atoms with Gasteiger partial charge >= 0.3 is 6.18 Å². The number of nitrogens with zero attached hydrogens (tertiary/aromatic N) is 4. The Bertz CT molecular complexity index is 1110. The van der Waals surface area contributed by atoms with E-state index < -0.39 is 21.9 Å². The number of anilines is 2. The first-order chi connectivity index (χ1) is 14.6. The Morgan fingerprint density at radius 2 is 1.74 bits per heavy atom. The van der Waals surface area contributed by atoms with E-state index in [-0.39, 0.29) is 37.0 Å². The van der Waals surface area contributed by atoms with Gasteiger partial charge in [0, 0.05) is 57.2 Å². The fourth-order valence-electron chi connectivity index (χ4n) is 3.97. The van der Waals surface area contributed by atoms with E-state index in [4.69, 9.17) is 0 Å². The van der Waals surface area contributed by atoms with Gasteiger partial charge in [-0.2, -0.15) is 17.5 Å². The predicted octanol–water partition coefficient (Wildman–Crippen LogP) is 2.52. The molecular formula is C20H21F3N4O3S. The molecule has 0 atom stereocenters. The summed E-state index contributed by atoms with van der Waals surface area (Å²) in [4.78, 5) is 18.6. The highest BCUT2D eigenvalue weighted by Gasteiger charge is 2.34. The van der Waals surface area contributed by atoms with Gasteiger partial charge in [-0.25, -0.2) is 8.42 Å². The van der Waals surface area contributed by atoms with Gasteiger partial charge in [0.05, 0.1) is 4.90 Å². The van der Waals surface area contributed by atoms with E-state index in [1.807, 2.05) is 0 Å². The van der Waals surface area contributed by atoms with Crippen LogP contribution in [0.3, 0.4) is 0 Å². The van der Waals surface area contributed by atoms with Crippen molar-refractivity contribution in [2.75, 3.05) is 42.5 Å². The van der Waals surface area contributed by atoms with Crippen molar-refractivity contribution in [1.29, 1.82) is 0 Å². The van der Waals surface area contributed by atoms with Crippen LogP contribution in [0.25, 0.3) is 0 Å². The highest BCUT2D eigenvalue weighted by atomic mass is 32.2. The van der Waals surface area contributed by atoms with Crippen molar-refractivity contribution in [3.8, 4) is 0 Å². The van der Waals surface area contributed by atoms with Crippen LogP contribution in [0, 0.1) is 0 Å². The number of rotatable bonds is 3. The lowest BCUT2D eigenvalue weighted by Gasteiger charge is -2.35. The predicted molar refractivity (Wildman–Crippen MR) is 108 cm³/mol. The molecule has 0 spiro atoms. The number of aromatic nitrogens is 1. The number of hydrogen-bond donors (Lipinski definition) is 0. The van der Waals surface area contributed by atoms with Gasteiger partial charge in [-0.05, 0) is 42.3 Å². The van der Waals surface area contributed by atoms with Crippen molar-refractivity contribution in [3.63, 3.8) is 0 Å². The van der Waals surface area contributed by atoms with Crippen LogP contribution in [-0.2, 0) is 27.4 Å². The maximum absolute atomic E-state index is 13.1. The van der Waals surface area contributed by atoms with Crippen molar-refractivity contribution >= 4 is 27.3 Å². The molecule has 1 saturated heterocycles. The number of benzene rings is 1. The number of piperazine rings is 1. The zero-order chi connectivity index (χ0) is 22.4. The molecule has 7 nitrogen and oxygen atoms in total. The van der Waals surface area contributed by atoms with Gasteiger partial charge in [0.15, 0.2) is 0 Å². The third kappa shape index (κ3) is 4.11. The number of alkyl halides is 3. The van der Waals surface area contributed by atoms with Crippen LogP contribution in [-0.4, -0.2) is 56.3 Å². The van der Waals surface area contributed by atoms with Crippen LogP contribution in [0.15, 0.2) is 41.4 Å². The Labute approximate surface area is 178 Å². The van der Waals surface area contributed by atoms with Gasteiger partial charge < -0.3 is 9.80 Å². The topological polar surface area (TPSA) is 73.8 Å². The van der Waals surface area contributed by atoms with Crippen molar-refractivity contribution < 1.29 is 26.4 Å². The van der Waals surface area contributed by atoms with Gasteiger partial charge in [-0.1, -0.05) is 0 Å². The van der Waals surface area contributed by atoms with E-state index in [0.29, 0.717) is 18.7 Å². The number of amides is 1. The summed E-state index contributed by atoms with van der Waals surface area (Å²) >= 11 is 0. The van der Waals surface area contributed by atoms with Gasteiger partial charge in [0.1, 0.15) is 5.69 Å². The van der Waals surface area contributed by atoms with E-state index in [1.54, 1.807) is 21.9 Å². The van der Waals surface area contributed by atoms with Crippen LogP contribution < -0.4 is 9.80 Å². The maximum Gasteiger partial charge on any atom is 0.433 e. The summed E-state index contributed by atoms with van der Waals surface area (Å²) in [5.74, 6) is -0.0877. The van der Waals surface area contributed by atoms with E-state index >= 15 is 0 Å². The number of sulfonamides is 1. The Balaban J connectivity index is 1.48. The number of halogens is 3. The van der Waals surface area contributed by atoms with Gasteiger partial charge in [-0.3, -0.25) is 9.78 Å². The quantitative estimate of drug-likeness (QED) is 0.713. The minimum atomic E-state index is -4.54. The smallest absolute Gasteiger partial charge is 0.369 e. The fourth-order valence-corrected chi connectivity index (χ4v) is 5.45. The average Bonchev–Trinajstić information content (AvgIpc) is 3.17. The molecular weight excluding hydrogens is 433 g/mol. The molecule has 1 aromatic carbocycles. The number of fused-ring (bicyclic) bond motifs is 1. The summed E-state index contributed by atoms with van der Waals surface area (Å²) < 4.78 is 66.3. The molecule has 3 heterocycles. The molecule has 0 aliphatic carbocycles. The molecule has 0 saturated carbocycles. The summed E-state index contributed by atoms with van der Waals surface area (Å²) in [7, 11) is -3.75. The second-order valence-electron chi connectivity index (χ2n) is 7.50. The fraction of sp³-hybridized carbons (Fsp3) is 0.400. The Morgan fingerprint density at radius 3 is 2.39 bits per heavy atom. The Kier molecular flexibility index (Phi) is 5.42. The van der Waals surface area contributed by atoms with Gasteiger partial charge in [0.2, 0.25) is 15.9 Å². The lowest BCUT2D eigenvalue weighted by Crippen LogP contribution is -2.48. The molecule has 166 valence electrons. The highest BCUT2D eigenvalue weighted by molar-refractivity contribution is 7.89. The van der Waals surface area contributed by atoms with Crippen LogP contribution in [0.1, 0.15) is 18.2 Å². The second-order valence-corrected chi connectivity index (χ2v) is 9.44. The Morgan fingerprint density at radius 1 is 1.03 bits per heavy atom. The standard InChI is InChI=1S/C20H21F3N4O3S/c1-14(28)27-7-5-15-12-17(2-3-18(15)27)31(29,30)26-10-8-25(9-11-26)16-4-6-24-19(13-16)20(21,22)23/h2-4,6,12-13H,5,7-11H2,1H3. The first-order valence-electron chi connectivity index (χ1n) is 9.77. The third-order valence-corrected chi connectivity index (χ3v) is 7.50. The van der Waals surface area contributed by atoms with E-state index in [2.05, 4.69) is 4.98 Å². The van der Waals surface area contributed by atoms with Crippen molar-refractivity contribution in [2.24, 2.45) is 0 Å². The second kappa shape index (κ2) is 7.79. The van der Waals surface area contributed by atoms with E-state index in [1.165, 1.54) is 23.4 Å². The minimum Gasteiger partial charge on any atom is -0.369 e. The first kappa shape index (κ1) is 21.6. The molecule has 4 rings (SSSR count). The van der Waals surface area contributed by atoms with Gasteiger partial charge in [-0.15, -0.1) is 0 Å². The minimum absolute atomic E-state index is 0.0877. The number of hydrogen-bond acceptors (Lipinski definition) is 5. The highest BCUT2D eigenvalue weighted by Crippen LogP contribution is 2.32. The summed E-state index contributed by atoms with van der Waals surface area (Å²) in [6.07, 6.45) is -2.83. The van der Waals surface area contributed by atoms with Crippen LogP contribution in [0.4, 0.5) is 24.5 Å². The molecule has 2 aromatic rings. The van der Waals surface area contributed by atoms with Crippen LogP contribution in [0.5, 0.6) is 0 Å². The lowest BCUT2D eigenvalue weighted by atomic mass is 10.2. The van der Waals surface area contributed by atoms with Crippen LogP contribution >= 0.6 is 0 Å². The van der Waals surface area contributed by atoms with Crippen molar-refractivity contribution in [2.45, 2.75) is 24.4 Å². The summed E-state index contributed by atoms with van der Waals surface area (Å²) in [6.45, 7) is 2.84. The SMILES string of the molecule is CC(=O)N1CCc2cc(S(=O)(=O)N3CCN(c4ccnc(C(F)(F)F)c4)CC3)ccc21. The maximum atomic E-state index is 13.1. The summed E-state index contributed by atoms with van der Waals surface area (Å²) in [5.41, 5.74) is 0.930. The molecule has 1 amide bonds. The van der Waals surface area contributed by atoms with E-state index in [0.717, 1.165) is 23.5 Å². The van der Waals surface area contributed by atoms with Gasteiger partial charge in [0.25, 0.3) is 0 Å². The lowest BCUT2D eigenvalue weighted by molar-refractivity contribution is -0.141. The van der Waals surface area contributed by atoms with Crippen molar-refractivity contribution in [3.05, 3.63) is 47.8 Å². The molecule has 0 N–H and O–H groups in total. The molecule has 1 fully saturated rings. The number of carbonyl (C=O) groups excluding carboxylic acids is 1. The average molecular weight is 454 g/mol. The molecule has 2 aliphatic rings. The first-order valence-corrected chi connectivity index (χ1v) is 11.2. The number of carbonyl (C=O) groups is 1. The molecule has 1 aromatic heterocycles. The van der Waals surface area contributed by atoms with Crippen LogP contribution in [0.2, 0.25) is 0 Å². The zero-order valence-electron chi connectivity index (χ0n) is 16.8. The van der Waals surface area contributed by atoms with E-state index in [9.17, 15) is 26.4 Å². The monoisotopic (exact) mass is 454 g/mol. The normalized spacial score (nSPS) is 17.7. The molecule has 11 heteroatoms. The molecule has 31 heavy (non-hydrogen) atoms. The number of pyridine rings is 1. The van der Waals surface area contributed by atoms with Crippen molar-refractivity contribution in [1.82, 2.24) is 9.29 Å².